The third kappa shape index (κ3) is 5.67. The Morgan fingerprint density at radius 3 is 2.42 bits per heavy atom. The first-order valence-corrected chi connectivity index (χ1v) is 10.2. The van der Waals surface area contributed by atoms with Crippen LogP contribution in [0.4, 0.5) is 5.69 Å². The molecule has 0 bridgehead atoms. The molecule has 2 aromatic carbocycles. The third-order valence-corrected chi connectivity index (χ3v) is 5.05. The molecular formula is C23H22N4O6. The number of carbonyl (C=O) groups excluding carboxylic acids is 3. The number of ether oxygens (including phenoxy) is 1. The van der Waals surface area contributed by atoms with Crippen molar-refractivity contribution in [2.24, 2.45) is 5.73 Å². The fraction of sp³-hybridized carbons (Fsp3) is 0.217. The number of rotatable bonds is 9. The van der Waals surface area contributed by atoms with Crippen LogP contribution in [0.3, 0.4) is 0 Å². The molecule has 3 rings (SSSR count). The molecule has 0 saturated heterocycles. The lowest BCUT2D eigenvalue weighted by Crippen LogP contribution is -2.49. The first-order chi connectivity index (χ1) is 15.8. The van der Waals surface area contributed by atoms with Crippen LogP contribution >= 0.6 is 0 Å². The molecule has 0 saturated carbocycles. The van der Waals surface area contributed by atoms with Crippen LogP contribution in [0, 0.1) is 10.1 Å². The Kier molecular flexibility index (Phi) is 7.29. The first-order valence-electron chi connectivity index (χ1n) is 10.2. The van der Waals surface area contributed by atoms with Crippen LogP contribution in [0.25, 0.3) is 10.9 Å². The number of esters is 1. The van der Waals surface area contributed by atoms with Gasteiger partial charge in [-0.3, -0.25) is 24.5 Å². The van der Waals surface area contributed by atoms with E-state index in [-0.39, 0.29) is 24.4 Å². The molecule has 1 heterocycles. The summed E-state index contributed by atoms with van der Waals surface area (Å²) in [6.07, 6.45) is -0.273. The number of amides is 2. The molecule has 3 N–H and O–H groups in total. The summed E-state index contributed by atoms with van der Waals surface area (Å²) in [6.45, 7) is 1.76. The quantitative estimate of drug-likeness (QED) is 0.288. The summed E-state index contributed by atoms with van der Waals surface area (Å²) in [4.78, 5) is 52.2. The van der Waals surface area contributed by atoms with E-state index in [0.29, 0.717) is 11.1 Å². The van der Waals surface area contributed by atoms with Gasteiger partial charge < -0.3 is 15.8 Å². The van der Waals surface area contributed by atoms with Crippen molar-refractivity contribution >= 4 is 34.4 Å². The lowest BCUT2D eigenvalue weighted by molar-refractivity contribution is -0.384. The van der Waals surface area contributed by atoms with E-state index in [1.54, 1.807) is 25.1 Å². The molecular weight excluding hydrogens is 428 g/mol. The molecule has 2 amide bonds. The molecule has 170 valence electrons. The number of non-ortho nitro benzene ring substituents is 1. The Morgan fingerprint density at radius 1 is 1.09 bits per heavy atom. The molecule has 0 aliphatic carbocycles. The van der Waals surface area contributed by atoms with Crippen molar-refractivity contribution in [1.82, 2.24) is 10.3 Å². The molecule has 33 heavy (non-hydrogen) atoms. The van der Waals surface area contributed by atoms with E-state index < -0.39 is 34.7 Å². The fourth-order valence-electron chi connectivity index (χ4n) is 3.45. The van der Waals surface area contributed by atoms with Gasteiger partial charge in [-0.15, -0.1) is 0 Å². The van der Waals surface area contributed by atoms with Gasteiger partial charge in [0.15, 0.2) is 0 Å². The molecule has 0 aliphatic heterocycles. The van der Waals surface area contributed by atoms with Gasteiger partial charge in [-0.2, -0.15) is 0 Å². The zero-order chi connectivity index (χ0) is 24.0. The van der Waals surface area contributed by atoms with Crippen molar-refractivity contribution in [3.63, 3.8) is 0 Å². The Balaban J connectivity index is 1.92. The summed E-state index contributed by atoms with van der Waals surface area (Å²) in [5.74, 6) is -3.05. The number of nitro benzene ring substituents is 1. The smallest absolute Gasteiger partial charge is 0.306 e. The predicted molar refractivity (Wildman–Crippen MR) is 119 cm³/mol. The minimum Gasteiger partial charge on any atom is -0.466 e. The number of aromatic nitrogens is 1. The van der Waals surface area contributed by atoms with Crippen molar-refractivity contribution in [2.75, 3.05) is 6.61 Å². The highest BCUT2D eigenvalue weighted by Crippen LogP contribution is 2.27. The average molecular weight is 450 g/mol. The van der Waals surface area contributed by atoms with E-state index >= 15 is 0 Å². The minimum atomic E-state index is -1.29. The monoisotopic (exact) mass is 450 g/mol. The van der Waals surface area contributed by atoms with Crippen LogP contribution in [0.5, 0.6) is 0 Å². The maximum absolute atomic E-state index is 12.9. The maximum Gasteiger partial charge on any atom is 0.306 e. The summed E-state index contributed by atoms with van der Waals surface area (Å²) in [7, 11) is 0. The van der Waals surface area contributed by atoms with Gasteiger partial charge in [0.1, 0.15) is 11.7 Å². The number of benzene rings is 2. The number of carbonyl (C=O) groups is 3. The number of pyridine rings is 1. The number of nitrogens with two attached hydrogens (primary N) is 1. The number of fused-ring (bicyclic) bond motifs is 1. The number of nitrogens with one attached hydrogen (secondary N) is 1. The molecule has 0 radical (unpaired) electrons. The molecule has 10 heteroatoms. The standard InChI is InChI=1S/C23H22N4O6/c1-2-33-20(28)13-17(14-7-10-16(11-8-14)27(31)32)21(22(24)29)26-23(30)19-12-9-15-5-3-4-6-18(15)25-19/h3-12,17,21H,2,13H2,1H3,(H2,24,29)(H,26,30)/t17-,21+/m1/s1. The van der Waals surface area contributed by atoms with Crippen molar-refractivity contribution in [1.29, 1.82) is 0 Å². The van der Waals surface area contributed by atoms with Crippen molar-refractivity contribution in [2.45, 2.75) is 25.3 Å². The highest BCUT2D eigenvalue weighted by Gasteiger charge is 2.32. The number of nitrogens with zero attached hydrogens (tertiary/aromatic N) is 2. The van der Waals surface area contributed by atoms with E-state index in [2.05, 4.69) is 10.3 Å². The lowest BCUT2D eigenvalue weighted by Gasteiger charge is -2.25. The normalized spacial score (nSPS) is 12.5. The van der Waals surface area contributed by atoms with Crippen LogP contribution in [-0.4, -0.2) is 40.3 Å². The van der Waals surface area contributed by atoms with Gasteiger partial charge in [0, 0.05) is 23.4 Å². The molecule has 0 unspecified atom stereocenters. The number of para-hydroxylation sites is 1. The minimum absolute atomic E-state index is 0.0681. The largest absolute Gasteiger partial charge is 0.466 e. The van der Waals surface area contributed by atoms with Gasteiger partial charge in [0.2, 0.25) is 5.91 Å². The van der Waals surface area contributed by atoms with Crippen LogP contribution in [0.15, 0.2) is 60.7 Å². The highest BCUT2D eigenvalue weighted by molar-refractivity contribution is 5.98. The van der Waals surface area contributed by atoms with E-state index in [1.807, 2.05) is 12.1 Å². The predicted octanol–water partition coefficient (Wildman–Crippen LogP) is 2.46. The van der Waals surface area contributed by atoms with Crippen LogP contribution in [-0.2, 0) is 14.3 Å². The second kappa shape index (κ2) is 10.3. The van der Waals surface area contributed by atoms with Crippen LogP contribution in [0.2, 0.25) is 0 Å². The summed E-state index contributed by atoms with van der Waals surface area (Å²) in [6, 6.07) is 14.5. The molecule has 3 aromatic rings. The van der Waals surface area contributed by atoms with E-state index in [1.165, 1.54) is 30.3 Å². The fourth-order valence-corrected chi connectivity index (χ4v) is 3.45. The second-order valence-corrected chi connectivity index (χ2v) is 7.21. The first kappa shape index (κ1) is 23.3. The molecule has 2 atom stereocenters. The van der Waals surface area contributed by atoms with Crippen LogP contribution < -0.4 is 11.1 Å². The molecule has 10 nitrogen and oxygen atoms in total. The van der Waals surface area contributed by atoms with E-state index in [9.17, 15) is 24.5 Å². The summed E-state index contributed by atoms with van der Waals surface area (Å²) < 4.78 is 5.00. The van der Waals surface area contributed by atoms with Gasteiger partial charge >= 0.3 is 5.97 Å². The molecule has 1 aromatic heterocycles. The molecule has 0 fully saturated rings. The average Bonchev–Trinajstić information content (AvgIpc) is 2.81. The lowest BCUT2D eigenvalue weighted by atomic mass is 9.87. The Bertz CT molecular complexity index is 1200. The second-order valence-electron chi connectivity index (χ2n) is 7.21. The maximum atomic E-state index is 12.9. The van der Waals surface area contributed by atoms with Crippen molar-refractivity contribution < 1.29 is 24.0 Å². The Morgan fingerprint density at radius 2 is 1.79 bits per heavy atom. The topological polar surface area (TPSA) is 155 Å². The van der Waals surface area contributed by atoms with E-state index in [4.69, 9.17) is 10.5 Å². The number of hydrogen-bond acceptors (Lipinski definition) is 7. The van der Waals surface area contributed by atoms with Crippen molar-refractivity contribution in [3.8, 4) is 0 Å². The third-order valence-electron chi connectivity index (χ3n) is 5.05. The molecule has 0 aliphatic rings. The number of hydrogen-bond donors (Lipinski definition) is 2. The van der Waals surface area contributed by atoms with Crippen LogP contribution in [0.1, 0.15) is 35.3 Å². The Hall–Kier alpha value is -4.34. The highest BCUT2D eigenvalue weighted by atomic mass is 16.6. The SMILES string of the molecule is CCOC(=O)C[C@H](c1ccc([N+](=O)[O-])cc1)[C@H](NC(=O)c1ccc2ccccc2n1)C(N)=O. The summed E-state index contributed by atoms with van der Waals surface area (Å²) in [5, 5.41) is 14.4. The van der Waals surface area contributed by atoms with Gasteiger partial charge in [-0.1, -0.05) is 36.4 Å². The van der Waals surface area contributed by atoms with Gasteiger partial charge in [-0.05, 0) is 24.6 Å². The van der Waals surface area contributed by atoms with Gasteiger partial charge in [0.05, 0.1) is 23.5 Å². The molecule has 0 spiro atoms. The number of primary amides is 1. The zero-order valence-corrected chi connectivity index (χ0v) is 17.8. The van der Waals surface area contributed by atoms with Gasteiger partial charge in [0.25, 0.3) is 11.6 Å². The van der Waals surface area contributed by atoms with E-state index in [0.717, 1.165) is 5.39 Å². The summed E-state index contributed by atoms with van der Waals surface area (Å²) >= 11 is 0. The number of nitro groups is 1. The van der Waals surface area contributed by atoms with Crippen molar-refractivity contribution in [3.05, 3.63) is 82.0 Å². The van der Waals surface area contributed by atoms with Gasteiger partial charge in [-0.25, -0.2) is 4.98 Å². The Labute approximate surface area is 188 Å². The summed E-state index contributed by atoms with van der Waals surface area (Å²) in [5.41, 5.74) is 6.50. The zero-order valence-electron chi connectivity index (χ0n) is 17.8.